The molecule has 1 aromatic carbocycles. The Morgan fingerprint density at radius 3 is 2.22 bits per heavy atom. The van der Waals surface area contributed by atoms with Crippen LogP contribution in [0, 0.1) is 13.8 Å². The molecule has 4 heteroatoms. The topological polar surface area (TPSA) is 35.6 Å². The predicted octanol–water partition coefficient (Wildman–Crippen LogP) is 2.83. The zero-order valence-electron chi connectivity index (χ0n) is 14.9. The fourth-order valence-corrected chi connectivity index (χ4v) is 2.84. The van der Waals surface area contributed by atoms with Gasteiger partial charge in [-0.15, -0.1) is 0 Å². The van der Waals surface area contributed by atoms with Crippen LogP contribution in [-0.2, 0) is 4.79 Å². The largest absolute Gasteiger partial charge is 0.324 e. The van der Waals surface area contributed by atoms with Crippen LogP contribution in [0.4, 0.5) is 5.69 Å². The molecule has 0 spiro atoms. The summed E-state index contributed by atoms with van der Waals surface area (Å²) >= 11 is 0. The zero-order valence-corrected chi connectivity index (χ0v) is 14.9. The molecule has 2 rings (SSSR count). The average Bonchev–Trinajstić information content (AvgIpc) is 2.50. The molecule has 23 heavy (non-hydrogen) atoms. The van der Waals surface area contributed by atoms with Crippen molar-refractivity contribution in [3.63, 3.8) is 0 Å². The summed E-state index contributed by atoms with van der Waals surface area (Å²) < 4.78 is 0. The molecular weight excluding hydrogens is 286 g/mol. The molecule has 0 aromatic heterocycles. The molecule has 1 saturated heterocycles. The van der Waals surface area contributed by atoms with Crippen molar-refractivity contribution in [3.8, 4) is 0 Å². The van der Waals surface area contributed by atoms with Crippen LogP contribution in [0.15, 0.2) is 29.8 Å². The third-order valence-corrected chi connectivity index (χ3v) is 4.34. The van der Waals surface area contributed by atoms with Crippen molar-refractivity contribution < 1.29 is 4.79 Å². The monoisotopic (exact) mass is 315 g/mol. The van der Waals surface area contributed by atoms with Gasteiger partial charge in [0.1, 0.15) is 0 Å². The van der Waals surface area contributed by atoms with E-state index in [-0.39, 0.29) is 5.91 Å². The van der Waals surface area contributed by atoms with E-state index in [1.165, 1.54) is 5.57 Å². The zero-order chi connectivity index (χ0) is 16.8. The highest BCUT2D eigenvalue weighted by Crippen LogP contribution is 2.19. The number of aryl methyl sites for hydroxylation is 2. The number of piperazine rings is 1. The van der Waals surface area contributed by atoms with Crippen LogP contribution in [-0.4, -0.2) is 55.0 Å². The number of nitrogens with one attached hydrogen (secondary N) is 1. The molecular formula is C19H29N3O. The summed E-state index contributed by atoms with van der Waals surface area (Å²) in [6.07, 6.45) is 2.27. The molecule has 1 aliphatic rings. The van der Waals surface area contributed by atoms with Crippen LogP contribution >= 0.6 is 0 Å². The van der Waals surface area contributed by atoms with Crippen molar-refractivity contribution in [3.05, 3.63) is 41.0 Å². The van der Waals surface area contributed by atoms with Gasteiger partial charge in [-0.3, -0.25) is 14.6 Å². The van der Waals surface area contributed by atoms with E-state index < -0.39 is 0 Å². The first-order valence-electron chi connectivity index (χ1n) is 8.40. The summed E-state index contributed by atoms with van der Waals surface area (Å²) in [7, 11) is 0. The normalized spacial score (nSPS) is 16.2. The molecule has 0 aliphatic carbocycles. The summed E-state index contributed by atoms with van der Waals surface area (Å²) in [4.78, 5) is 17.0. The molecule has 1 fully saturated rings. The highest BCUT2D eigenvalue weighted by atomic mass is 16.2. The second-order valence-electron chi connectivity index (χ2n) is 6.67. The number of rotatable bonds is 5. The lowest BCUT2D eigenvalue weighted by molar-refractivity contribution is -0.117. The lowest BCUT2D eigenvalue weighted by Crippen LogP contribution is -2.48. The molecule has 1 aliphatic heterocycles. The summed E-state index contributed by atoms with van der Waals surface area (Å²) in [6.45, 7) is 13.8. The van der Waals surface area contributed by atoms with E-state index in [9.17, 15) is 4.79 Å². The van der Waals surface area contributed by atoms with Crippen molar-refractivity contribution in [2.45, 2.75) is 27.7 Å². The summed E-state index contributed by atoms with van der Waals surface area (Å²) in [5.74, 6) is 0.0835. The lowest BCUT2D eigenvalue weighted by Gasteiger charge is -2.33. The first-order chi connectivity index (χ1) is 11.0. The number of amides is 1. The smallest absolute Gasteiger partial charge is 0.238 e. The van der Waals surface area contributed by atoms with E-state index in [0.717, 1.165) is 49.5 Å². The van der Waals surface area contributed by atoms with E-state index >= 15 is 0 Å². The van der Waals surface area contributed by atoms with Gasteiger partial charge in [0.15, 0.2) is 0 Å². The molecule has 0 bridgehead atoms. The number of nitrogens with zero attached hydrogens (tertiary/aromatic N) is 2. The van der Waals surface area contributed by atoms with Gasteiger partial charge in [-0.2, -0.15) is 0 Å². The van der Waals surface area contributed by atoms with Gasteiger partial charge in [0.25, 0.3) is 0 Å². The Hall–Kier alpha value is -1.65. The predicted molar refractivity (Wildman–Crippen MR) is 96.9 cm³/mol. The fraction of sp³-hybridized carbons (Fsp3) is 0.526. The third-order valence-electron chi connectivity index (χ3n) is 4.34. The Bertz CT molecular complexity index is 548. The minimum Gasteiger partial charge on any atom is -0.324 e. The number of hydrogen-bond donors (Lipinski definition) is 1. The van der Waals surface area contributed by atoms with E-state index in [1.807, 2.05) is 32.0 Å². The van der Waals surface area contributed by atoms with E-state index in [4.69, 9.17) is 0 Å². The van der Waals surface area contributed by atoms with Crippen molar-refractivity contribution >= 4 is 11.6 Å². The second-order valence-corrected chi connectivity index (χ2v) is 6.67. The highest BCUT2D eigenvalue weighted by molar-refractivity contribution is 5.93. The third kappa shape index (κ3) is 5.48. The maximum Gasteiger partial charge on any atom is 0.238 e. The van der Waals surface area contributed by atoms with Crippen LogP contribution in [0.3, 0.4) is 0 Å². The quantitative estimate of drug-likeness (QED) is 0.849. The summed E-state index contributed by atoms with van der Waals surface area (Å²) in [5, 5.41) is 3.07. The molecule has 0 atom stereocenters. The minimum atomic E-state index is 0.0835. The molecule has 0 unspecified atom stereocenters. The fourth-order valence-electron chi connectivity index (χ4n) is 2.84. The first-order valence-corrected chi connectivity index (χ1v) is 8.40. The first kappa shape index (κ1) is 17.7. The van der Waals surface area contributed by atoms with Gasteiger partial charge in [-0.25, -0.2) is 0 Å². The molecule has 0 radical (unpaired) electrons. The molecule has 126 valence electrons. The summed E-state index contributed by atoms with van der Waals surface area (Å²) in [5.41, 5.74) is 4.55. The SMILES string of the molecule is CC(C)=CCN1CCN(CC(=O)Nc2c(C)cccc2C)CC1. The molecule has 1 heterocycles. The Morgan fingerprint density at radius 2 is 1.65 bits per heavy atom. The van der Waals surface area contributed by atoms with Crippen LogP contribution in [0.5, 0.6) is 0 Å². The summed E-state index contributed by atoms with van der Waals surface area (Å²) in [6, 6.07) is 6.08. The van der Waals surface area contributed by atoms with Crippen LogP contribution in [0.2, 0.25) is 0 Å². The minimum absolute atomic E-state index is 0.0835. The number of para-hydroxylation sites is 1. The van der Waals surface area contributed by atoms with Crippen molar-refractivity contribution in [1.29, 1.82) is 0 Å². The van der Waals surface area contributed by atoms with Gasteiger partial charge >= 0.3 is 0 Å². The van der Waals surface area contributed by atoms with Crippen LogP contribution < -0.4 is 5.32 Å². The van der Waals surface area contributed by atoms with Crippen LogP contribution in [0.1, 0.15) is 25.0 Å². The Morgan fingerprint density at radius 1 is 1.09 bits per heavy atom. The Labute approximate surface area is 140 Å². The Balaban J connectivity index is 1.80. The highest BCUT2D eigenvalue weighted by Gasteiger charge is 2.18. The van der Waals surface area contributed by atoms with Crippen molar-refractivity contribution in [1.82, 2.24) is 9.80 Å². The molecule has 1 amide bonds. The molecule has 4 nitrogen and oxygen atoms in total. The van der Waals surface area contributed by atoms with Crippen LogP contribution in [0.25, 0.3) is 0 Å². The number of allylic oxidation sites excluding steroid dienone is 1. The maximum absolute atomic E-state index is 12.3. The number of anilines is 1. The molecule has 1 aromatic rings. The van der Waals surface area contributed by atoms with E-state index in [2.05, 4.69) is 35.0 Å². The second kappa shape index (κ2) is 8.27. The van der Waals surface area contributed by atoms with Gasteiger partial charge in [-0.1, -0.05) is 29.8 Å². The van der Waals surface area contributed by atoms with Gasteiger partial charge in [-0.05, 0) is 38.8 Å². The maximum atomic E-state index is 12.3. The van der Waals surface area contributed by atoms with Gasteiger partial charge in [0.2, 0.25) is 5.91 Å². The number of hydrogen-bond acceptors (Lipinski definition) is 3. The molecule has 0 saturated carbocycles. The molecule has 1 N–H and O–H groups in total. The standard InChI is InChI=1S/C19H29N3O/c1-15(2)8-9-21-10-12-22(13-11-21)14-18(23)20-19-16(3)6-5-7-17(19)4/h5-8H,9-14H2,1-4H3,(H,20,23). The Kier molecular flexibility index (Phi) is 6.37. The van der Waals surface area contributed by atoms with E-state index in [0.29, 0.717) is 6.54 Å². The number of benzene rings is 1. The van der Waals surface area contributed by atoms with Gasteiger partial charge in [0, 0.05) is 38.4 Å². The lowest BCUT2D eigenvalue weighted by atomic mass is 10.1. The van der Waals surface area contributed by atoms with Crippen molar-refractivity contribution in [2.75, 3.05) is 44.6 Å². The number of carbonyl (C=O) groups is 1. The number of carbonyl (C=O) groups excluding carboxylic acids is 1. The van der Waals surface area contributed by atoms with E-state index in [1.54, 1.807) is 0 Å². The average molecular weight is 315 g/mol. The van der Waals surface area contributed by atoms with Crippen molar-refractivity contribution in [2.24, 2.45) is 0 Å². The van der Waals surface area contributed by atoms with Gasteiger partial charge in [0.05, 0.1) is 6.54 Å². The van der Waals surface area contributed by atoms with Gasteiger partial charge < -0.3 is 5.32 Å².